The smallest absolute Gasteiger partial charge is 0.220 e. The minimum atomic E-state index is 0.147. The molecule has 1 aromatic heterocycles. The van der Waals surface area contributed by atoms with Crippen LogP contribution in [0.5, 0.6) is 0 Å². The third kappa shape index (κ3) is 8.54. The maximum Gasteiger partial charge on any atom is 0.220 e. The number of hydrogen-bond donors (Lipinski definition) is 2. The van der Waals surface area contributed by atoms with E-state index in [9.17, 15) is 4.79 Å². The normalized spacial score (nSPS) is 10.0. The molecule has 3 N–H and O–H groups in total. The van der Waals surface area contributed by atoms with Gasteiger partial charge >= 0.3 is 0 Å². The molecule has 0 fully saturated rings. The summed E-state index contributed by atoms with van der Waals surface area (Å²) >= 11 is 1.61. The molecule has 4 heteroatoms. The van der Waals surface area contributed by atoms with Crippen LogP contribution >= 0.6 is 11.3 Å². The molecule has 1 rings (SSSR count). The Hall–Kier alpha value is -1.31. The van der Waals surface area contributed by atoms with Crippen LogP contribution in [-0.2, 0) is 11.3 Å². The van der Waals surface area contributed by atoms with Gasteiger partial charge in [0.25, 0.3) is 0 Å². The summed E-state index contributed by atoms with van der Waals surface area (Å²) in [7, 11) is 0. The maximum absolute atomic E-state index is 11.7. The summed E-state index contributed by atoms with van der Waals surface area (Å²) in [6.45, 7) is 3.19. The maximum atomic E-state index is 11.7. The highest BCUT2D eigenvalue weighted by atomic mass is 32.1. The van der Waals surface area contributed by atoms with E-state index in [1.165, 1.54) is 25.7 Å². The lowest BCUT2D eigenvalue weighted by Crippen LogP contribution is -2.21. The molecule has 0 atom stereocenters. The lowest BCUT2D eigenvalue weighted by atomic mass is 10.1. The van der Waals surface area contributed by atoms with Gasteiger partial charge in [-0.25, -0.2) is 0 Å². The van der Waals surface area contributed by atoms with Crippen LogP contribution in [0, 0.1) is 11.8 Å². The number of nitrogens with one attached hydrogen (secondary N) is 1. The number of hydrogen-bond acceptors (Lipinski definition) is 3. The van der Waals surface area contributed by atoms with E-state index in [0.29, 0.717) is 19.5 Å². The topological polar surface area (TPSA) is 55.1 Å². The zero-order valence-electron chi connectivity index (χ0n) is 12.9. The number of nitrogens with two attached hydrogens (primary N) is 1. The van der Waals surface area contributed by atoms with Crippen molar-refractivity contribution in [3.63, 3.8) is 0 Å². The van der Waals surface area contributed by atoms with E-state index >= 15 is 0 Å². The second-order valence-electron chi connectivity index (χ2n) is 5.07. The Labute approximate surface area is 132 Å². The molecule has 0 spiro atoms. The Balaban J connectivity index is 2.13. The Morgan fingerprint density at radius 2 is 2.00 bits per heavy atom. The van der Waals surface area contributed by atoms with E-state index in [2.05, 4.69) is 24.1 Å². The summed E-state index contributed by atoms with van der Waals surface area (Å²) in [6, 6.07) is 3.98. The number of rotatable bonds is 9. The van der Waals surface area contributed by atoms with Crippen LogP contribution in [0.4, 0.5) is 0 Å². The van der Waals surface area contributed by atoms with Crippen LogP contribution in [0.3, 0.4) is 0 Å². The molecule has 116 valence electrons. The van der Waals surface area contributed by atoms with E-state index in [4.69, 9.17) is 5.73 Å². The van der Waals surface area contributed by atoms with Gasteiger partial charge in [0.1, 0.15) is 0 Å². The Morgan fingerprint density at radius 1 is 1.24 bits per heavy atom. The van der Waals surface area contributed by atoms with Crippen LogP contribution < -0.4 is 11.1 Å². The van der Waals surface area contributed by atoms with E-state index in [-0.39, 0.29) is 5.91 Å². The van der Waals surface area contributed by atoms with E-state index < -0.39 is 0 Å². The summed E-state index contributed by atoms with van der Waals surface area (Å²) in [5.74, 6) is 5.98. The zero-order chi connectivity index (χ0) is 15.3. The van der Waals surface area contributed by atoms with Crippen molar-refractivity contribution in [2.45, 2.75) is 58.4 Å². The van der Waals surface area contributed by atoms with Gasteiger partial charge in [0.2, 0.25) is 5.91 Å². The average molecular weight is 306 g/mol. The number of carbonyl (C=O) groups is 1. The SMILES string of the molecule is CCCCCCCCC(=O)NCc1ccc(C#CCN)s1. The second kappa shape index (κ2) is 11.4. The molecule has 0 radical (unpaired) electrons. The first kappa shape index (κ1) is 17.7. The molecule has 0 saturated carbocycles. The molecule has 1 amide bonds. The average Bonchev–Trinajstić information content (AvgIpc) is 2.94. The van der Waals surface area contributed by atoms with Crippen molar-refractivity contribution < 1.29 is 4.79 Å². The quantitative estimate of drug-likeness (QED) is 0.542. The number of unbranched alkanes of at least 4 members (excludes halogenated alkanes) is 5. The molecule has 0 aliphatic rings. The summed E-state index contributed by atoms with van der Waals surface area (Å²) in [4.78, 5) is 13.9. The molecule has 0 aliphatic carbocycles. The van der Waals surface area contributed by atoms with Crippen molar-refractivity contribution in [3.05, 3.63) is 21.9 Å². The molecule has 1 aromatic rings. The molecule has 21 heavy (non-hydrogen) atoms. The van der Waals surface area contributed by atoms with Crippen molar-refractivity contribution in [3.8, 4) is 11.8 Å². The van der Waals surface area contributed by atoms with E-state index in [1.54, 1.807) is 11.3 Å². The molecule has 0 unspecified atom stereocenters. The standard InChI is InChI=1S/C17H26N2OS/c1-2-3-4-5-6-7-10-17(20)19-14-16-12-11-15(21-16)9-8-13-18/h11-12H,2-7,10,13-14,18H2,1H3,(H,19,20). The van der Waals surface area contributed by atoms with Gasteiger partial charge in [0.15, 0.2) is 0 Å². The summed E-state index contributed by atoms with van der Waals surface area (Å²) in [5, 5.41) is 2.97. The van der Waals surface area contributed by atoms with Crippen LogP contribution in [-0.4, -0.2) is 12.5 Å². The molecular formula is C17H26N2OS. The fraction of sp³-hybridized carbons (Fsp3) is 0.588. The second-order valence-corrected chi connectivity index (χ2v) is 6.23. The molecule has 0 aliphatic heterocycles. The predicted molar refractivity (Wildman–Crippen MR) is 90.1 cm³/mol. The van der Waals surface area contributed by atoms with Gasteiger partial charge in [-0.05, 0) is 18.6 Å². The highest BCUT2D eigenvalue weighted by molar-refractivity contribution is 7.12. The highest BCUT2D eigenvalue weighted by Crippen LogP contribution is 2.15. The van der Waals surface area contributed by atoms with Crippen molar-refractivity contribution in [2.75, 3.05) is 6.54 Å². The van der Waals surface area contributed by atoms with Gasteiger partial charge in [-0.1, -0.05) is 50.9 Å². The molecule has 0 saturated heterocycles. The zero-order valence-corrected chi connectivity index (χ0v) is 13.7. The van der Waals surface area contributed by atoms with Gasteiger partial charge in [0.05, 0.1) is 18.0 Å². The Morgan fingerprint density at radius 3 is 2.76 bits per heavy atom. The molecule has 0 aromatic carbocycles. The van der Waals surface area contributed by atoms with E-state index in [1.807, 2.05) is 12.1 Å². The summed E-state index contributed by atoms with van der Waals surface area (Å²) in [6.07, 6.45) is 7.89. The minimum Gasteiger partial charge on any atom is -0.351 e. The Kier molecular flexibility index (Phi) is 9.60. The number of amides is 1. The van der Waals surface area contributed by atoms with Gasteiger partial charge in [-0.2, -0.15) is 0 Å². The first-order valence-corrected chi connectivity index (χ1v) is 8.62. The monoisotopic (exact) mass is 306 g/mol. The molecule has 0 bridgehead atoms. The van der Waals surface area contributed by atoms with Gasteiger partial charge in [0, 0.05) is 11.3 Å². The fourth-order valence-corrected chi connectivity index (χ4v) is 2.84. The predicted octanol–water partition coefficient (Wildman–Crippen LogP) is 3.43. The summed E-state index contributed by atoms with van der Waals surface area (Å²) in [5.41, 5.74) is 5.34. The number of carbonyl (C=O) groups excluding carboxylic acids is 1. The molecular weight excluding hydrogens is 280 g/mol. The number of thiophene rings is 1. The van der Waals surface area contributed by atoms with Crippen LogP contribution in [0.25, 0.3) is 0 Å². The lowest BCUT2D eigenvalue weighted by molar-refractivity contribution is -0.121. The lowest BCUT2D eigenvalue weighted by Gasteiger charge is -2.03. The summed E-state index contributed by atoms with van der Waals surface area (Å²) < 4.78 is 0. The largest absolute Gasteiger partial charge is 0.351 e. The van der Waals surface area contributed by atoms with Gasteiger partial charge in [-0.3, -0.25) is 4.79 Å². The Bertz CT molecular complexity index is 471. The van der Waals surface area contributed by atoms with Crippen LogP contribution in [0.15, 0.2) is 12.1 Å². The van der Waals surface area contributed by atoms with Gasteiger partial charge in [-0.15, -0.1) is 11.3 Å². The third-order valence-corrected chi connectivity index (χ3v) is 4.19. The first-order chi connectivity index (χ1) is 10.3. The van der Waals surface area contributed by atoms with Gasteiger partial charge < -0.3 is 11.1 Å². The van der Waals surface area contributed by atoms with E-state index in [0.717, 1.165) is 22.6 Å². The van der Waals surface area contributed by atoms with Crippen molar-refractivity contribution in [2.24, 2.45) is 5.73 Å². The first-order valence-electron chi connectivity index (χ1n) is 7.80. The third-order valence-electron chi connectivity index (χ3n) is 3.19. The van der Waals surface area contributed by atoms with Crippen LogP contribution in [0.1, 0.15) is 61.6 Å². The van der Waals surface area contributed by atoms with Crippen LogP contribution in [0.2, 0.25) is 0 Å². The van der Waals surface area contributed by atoms with Crippen molar-refractivity contribution in [1.29, 1.82) is 0 Å². The minimum absolute atomic E-state index is 0.147. The van der Waals surface area contributed by atoms with Crippen molar-refractivity contribution >= 4 is 17.2 Å². The fourth-order valence-electron chi connectivity index (χ4n) is 2.02. The highest BCUT2D eigenvalue weighted by Gasteiger charge is 2.03. The molecule has 3 nitrogen and oxygen atoms in total. The van der Waals surface area contributed by atoms with Crippen molar-refractivity contribution in [1.82, 2.24) is 5.32 Å². The molecule has 1 heterocycles.